The van der Waals surface area contributed by atoms with Gasteiger partial charge in [-0.2, -0.15) is 23.0 Å². The van der Waals surface area contributed by atoms with Crippen LogP contribution >= 0.6 is 0 Å². The van der Waals surface area contributed by atoms with Gasteiger partial charge in [-0.15, -0.1) is 0 Å². The van der Waals surface area contributed by atoms with Crippen LogP contribution in [0.15, 0.2) is 12.4 Å². The quantitative estimate of drug-likeness (QED) is 0.843. The van der Waals surface area contributed by atoms with E-state index in [9.17, 15) is 22.8 Å². The first kappa shape index (κ1) is 16.0. The number of rotatable bonds is 3. The van der Waals surface area contributed by atoms with Gasteiger partial charge in [-0.05, 0) is 0 Å². The number of hydrogen-bond donors (Lipinski definition) is 0. The maximum absolute atomic E-state index is 12.4. The van der Waals surface area contributed by atoms with Crippen molar-refractivity contribution in [2.24, 2.45) is 0 Å². The molecule has 9 heteroatoms. The highest BCUT2D eigenvalue weighted by Crippen LogP contribution is 2.28. The maximum Gasteiger partial charge on any atom is 0.419 e. The van der Waals surface area contributed by atoms with Gasteiger partial charge in [0.15, 0.2) is 0 Å². The first-order valence-corrected chi connectivity index (χ1v) is 5.72. The minimum Gasteiger partial charge on any atom is -0.344 e. The summed E-state index contributed by atoms with van der Waals surface area (Å²) in [5.74, 6) is -0.163. The van der Waals surface area contributed by atoms with Gasteiger partial charge in [0, 0.05) is 40.3 Å². The molecule has 1 rings (SSSR count). The van der Waals surface area contributed by atoms with E-state index in [1.165, 1.54) is 23.8 Å². The van der Waals surface area contributed by atoms with Crippen molar-refractivity contribution in [1.82, 2.24) is 19.6 Å². The third-order valence-electron chi connectivity index (χ3n) is 2.74. The summed E-state index contributed by atoms with van der Waals surface area (Å²) in [6.45, 7) is 1.85. The van der Waals surface area contributed by atoms with Crippen LogP contribution < -0.4 is 0 Å². The van der Waals surface area contributed by atoms with E-state index in [2.05, 4.69) is 5.10 Å². The second-order valence-electron chi connectivity index (χ2n) is 4.32. The molecule has 0 aliphatic carbocycles. The lowest BCUT2D eigenvalue weighted by Crippen LogP contribution is -2.38. The first-order chi connectivity index (χ1) is 9.12. The van der Waals surface area contributed by atoms with Crippen LogP contribution in [-0.4, -0.2) is 58.7 Å². The summed E-state index contributed by atoms with van der Waals surface area (Å²) in [6, 6.07) is -0.697. The summed E-state index contributed by atoms with van der Waals surface area (Å²) in [6.07, 6.45) is -3.31. The Morgan fingerprint density at radius 2 is 1.80 bits per heavy atom. The summed E-state index contributed by atoms with van der Waals surface area (Å²) < 4.78 is 37.8. The van der Waals surface area contributed by atoms with Crippen LogP contribution in [-0.2, 0) is 11.0 Å². The predicted octanol–water partition coefficient (Wildman–Crippen LogP) is 1.28. The van der Waals surface area contributed by atoms with E-state index in [1.54, 1.807) is 7.05 Å². The molecule has 0 saturated carbocycles. The SMILES string of the molecule is CC(=O)N(C)CCN(C)C(=O)n1cc(C(F)(F)F)cn1. The average molecular weight is 292 g/mol. The van der Waals surface area contributed by atoms with Crippen LogP contribution in [0.25, 0.3) is 0 Å². The van der Waals surface area contributed by atoms with Gasteiger partial charge in [0.05, 0.1) is 11.8 Å². The number of amides is 2. The average Bonchev–Trinajstić information content (AvgIpc) is 2.83. The van der Waals surface area contributed by atoms with Gasteiger partial charge in [0.1, 0.15) is 0 Å². The molecule has 0 bridgehead atoms. The molecule has 0 aliphatic rings. The standard InChI is InChI=1S/C11H15F3N4O2/c1-8(19)16(2)4-5-17(3)10(20)18-7-9(6-15-18)11(12,13)14/h6-7H,4-5H2,1-3H3. The molecule has 0 aliphatic heterocycles. The van der Waals surface area contributed by atoms with E-state index in [0.717, 1.165) is 0 Å². The highest BCUT2D eigenvalue weighted by Gasteiger charge is 2.33. The van der Waals surface area contributed by atoms with E-state index in [-0.39, 0.29) is 19.0 Å². The van der Waals surface area contributed by atoms with Crippen molar-refractivity contribution in [3.63, 3.8) is 0 Å². The summed E-state index contributed by atoms with van der Waals surface area (Å²) in [5, 5.41) is 3.39. The molecular weight excluding hydrogens is 277 g/mol. The first-order valence-electron chi connectivity index (χ1n) is 5.72. The predicted molar refractivity (Wildman–Crippen MR) is 64.0 cm³/mol. The van der Waals surface area contributed by atoms with Crippen LogP contribution in [0.3, 0.4) is 0 Å². The number of carbonyl (C=O) groups excluding carboxylic acids is 2. The van der Waals surface area contributed by atoms with Gasteiger partial charge in [-0.3, -0.25) is 4.79 Å². The lowest BCUT2D eigenvalue weighted by molar-refractivity contribution is -0.137. The lowest BCUT2D eigenvalue weighted by atomic mass is 10.4. The monoisotopic (exact) mass is 292 g/mol. The van der Waals surface area contributed by atoms with Gasteiger partial charge < -0.3 is 9.80 Å². The van der Waals surface area contributed by atoms with Crippen LogP contribution in [0, 0.1) is 0 Å². The van der Waals surface area contributed by atoms with Crippen molar-refractivity contribution in [2.75, 3.05) is 27.2 Å². The van der Waals surface area contributed by atoms with Crippen LogP contribution in [0.4, 0.5) is 18.0 Å². The highest BCUT2D eigenvalue weighted by molar-refractivity contribution is 5.76. The molecule has 0 atom stereocenters. The normalized spacial score (nSPS) is 11.3. The van der Waals surface area contributed by atoms with Crippen molar-refractivity contribution >= 4 is 11.9 Å². The smallest absolute Gasteiger partial charge is 0.344 e. The second-order valence-corrected chi connectivity index (χ2v) is 4.32. The van der Waals surface area contributed by atoms with Crippen LogP contribution in [0.2, 0.25) is 0 Å². The van der Waals surface area contributed by atoms with Crippen molar-refractivity contribution in [2.45, 2.75) is 13.1 Å². The van der Waals surface area contributed by atoms with E-state index < -0.39 is 17.8 Å². The molecule has 112 valence electrons. The fourth-order valence-electron chi connectivity index (χ4n) is 1.30. The van der Waals surface area contributed by atoms with E-state index >= 15 is 0 Å². The third kappa shape index (κ3) is 3.97. The number of likely N-dealkylation sites (N-methyl/N-ethyl adjacent to an activating group) is 2. The molecule has 1 aromatic heterocycles. The number of aromatic nitrogens is 2. The zero-order valence-corrected chi connectivity index (χ0v) is 11.3. The lowest BCUT2D eigenvalue weighted by Gasteiger charge is -2.21. The minimum absolute atomic E-state index is 0.163. The highest BCUT2D eigenvalue weighted by atomic mass is 19.4. The van der Waals surface area contributed by atoms with Gasteiger partial charge in [0.25, 0.3) is 0 Å². The third-order valence-corrected chi connectivity index (χ3v) is 2.74. The molecule has 0 radical (unpaired) electrons. The molecule has 1 heterocycles. The zero-order valence-electron chi connectivity index (χ0n) is 11.3. The Bertz CT molecular complexity index is 498. The fourth-order valence-corrected chi connectivity index (χ4v) is 1.30. The molecule has 1 aromatic rings. The fraction of sp³-hybridized carbons (Fsp3) is 0.545. The van der Waals surface area contributed by atoms with Gasteiger partial charge >= 0.3 is 12.2 Å². The summed E-state index contributed by atoms with van der Waals surface area (Å²) >= 11 is 0. The molecule has 0 aromatic carbocycles. The molecular formula is C11H15F3N4O2. The molecule has 0 saturated heterocycles. The molecule has 0 fully saturated rings. The summed E-state index contributed by atoms with van der Waals surface area (Å²) in [5.41, 5.74) is -0.986. The largest absolute Gasteiger partial charge is 0.419 e. The van der Waals surface area contributed by atoms with Gasteiger partial charge in [-0.25, -0.2) is 4.79 Å². The Labute approximate surface area is 113 Å². The second kappa shape index (κ2) is 5.93. The molecule has 20 heavy (non-hydrogen) atoms. The van der Waals surface area contributed by atoms with Crippen LogP contribution in [0.1, 0.15) is 12.5 Å². The molecule has 0 spiro atoms. The van der Waals surface area contributed by atoms with E-state index in [0.29, 0.717) is 17.1 Å². The number of alkyl halides is 3. The number of carbonyl (C=O) groups is 2. The van der Waals surface area contributed by atoms with Crippen molar-refractivity contribution in [3.8, 4) is 0 Å². The Morgan fingerprint density at radius 1 is 1.25 bits per heavy atom. The molecule has 2 amide bonds. The van der Waals surface area contributed by atoms with Crippen molar-refractivity contribution in [1.29, 1.82) is 0 Å². The Morgan fingerprint density at radius 3 is 2.25 bits per heavy atom. The summed E-state index contributed by atoms with van der Waals surface area (Å²) in [4.78, 5) is 25.4. The minimum atomic E-state index is -4.54. The topological polar surface area (TPSA) is 58.4 Å². The maximum atomic E-state index is 12.4. The van der Waals surface area contributed by atoms with Crippen molar-refractivity contribution in [3.05, 3.63) is 18.0 Å². The van der Waals surface area contributed by atoms with Crippen molar-refractivity contribution < 1.29 is 22.8 Å². The Balaban J connectivity index is 2.65. The Kier molecular flexibility index (Phi) is 4.74. The Hall–Kier alpha value is -2.06. The van der Waals surface area contributed by atoms with Gasteiger partial charge in [0.2, 0.25) is 5.91 Å². The van der Waals surface area contributed by atoms with E-state index in [1.807, 2.05) is 0 Å². The number of halogens is 3. The van der Waals surface area contributed by atoms with Crippen LogP contribution in [0.5, 0.6) is 0 Å². The summed E-state index contributed by atoms with van der Waals surface area (Å²) in [7, 11) is 2.99. The zero-order chi connectivity index (χ0) is 15.5. The van der Waals surface area contributed by atoms with Gasteiger partial charge in [-0.1, -0.05) is 0 Å². The molecule has 0 N–H and O–H groups in total. The van der Waals surface area contributed by atoms with E-state index in [4.69, 9.17) is 0 Å². The number of nitrogens with zero attached hydrogens (tertiary/aromatic N) is 4. The number of hydrogen-bond acceptors (Lipinski definition) is 3. The molecule has 0 unspecified atom stereocenters. The molecule has 6 nitrogen and oxygen atoms in total.